The van der Waals surface area contributed by atoms with E-state index < -0.39 is 0 Å². The Morgan fingerprint density at radius 2 is 1.97 bits per heavy atom. The maximum Gasteiger partial charge on any atom is 0.267 e. The molecule has 9 heteroatoms. The summed E-state index contributed by atoms with van der Waals surface area (Å²) in [5, 5.41) is 7.13. The zero-order chi connectivity index (χ0) is 21.2. The van der Waals surface area contributed by atoms with Crippen molar-refractivity contribution in [3.63, 3.8) is 0 Å². The van der Waals surface area contributed by atoms with E-state index in [4.69, 9.17) is 14.2 Å². The van der Waals surface area contributed by atoms with E-state index in [0.717, 1.165) is 17.0 Å². The van der Waals surface area contributed by atoms with Crippen LogP contribution >= 0.6 is 23.1 Å². The molecule has 3 aromatic heterocycles. The van der Waals surface area contributed by atoms with E-state index in [2.05, 4.69) is 10.1 Å². The fourth-order valence-corrected chi connectivity index (χ4v) is 4.77. The van der Waals surface area contributed by atoms with E-state index in [1.165, 1.54) is 23.1 Å². The van der Waals surface area contributed by atoms with Crippen LogP contribution in [0.2, 0.25) is 0 Å². The third-order valence-corrected chi connectivity index (χ3v) is 6.33. The smallest absolute Gasteiger partial charge is 0.267 e. The molecule has 5 rings (SSSR count). The second-order valence-corrected chi connectivity index (χ2v) is 8.38. The minimum atomic E-state index is -0.0949. The van der Waals surface area contributed by atoms with Crippen LogP contribution in [0.1, 0.15) is 5.89 Å². The standard InChI is InChI=1S/C22H16N4O3S2/c1-28-16-9-5-6-14(12-16)19-23-18(29-25-19)13-31-22-24-20-17(10-11-30-20)21(27)26(22)15-7-3-2-4-8-15/h2-12H,13H2,1H3. The average molecular weight is 449 g/mol. The summed E-state index contributed by atoms with van der Waals surface area (Å²) in [6.07, 6.45) is 0. The molecule has 0 aliphatic carbocycles. The monoisotopic (exact) mass is 448 g/mol. The van der Waals surface area contributed by atoms with Crippen molar-refractivity contribution < 1.29 is 9.26 Å². The fraction of sp³-hybridized carbons (Fsp3) is 0.0909. The first-order valence-corrected chi connectivity index (χ1v) is 11.2. The van der Waals surface area contributed by atoms with Crippen LogP contribution in [-0.4, -0.2) is 26.8 Å². The van der Waals surface area contributed by atoms with Gasteiger partial charge >= 0.3 is 0 Å². The second kappa shape index (κ2) is 8.37. The van der Waals surface area contributed by atoms with E-state index in [1.807, 2.05) is 66.0 Å². The molecule has 154 valence electrons. The molecule has 0 aliphatic rings. The van der Waals surface area contributed by atoms with Crippen molar-refractivity contribution in [3.05, 3.63) is 82.3 Å². The summed E-state index contributed by atoms with van der Waals surface area (Å²) in [7, 11) is 1.61. The Morgan fingerprint density at radius 3 is 2.81 bits per heavy atom. The Labute approximate surface area is 185 Å². The summed E-state index contributed by atoms with van der Waals surface area (Å²) in [5.74, 6) is 2.03. The van der Waals surface area contributed by atoms with E-state index in [9.17, 15) is 4.79 Å². The van der Waals surface area contributed by atoms with Gasteiger partial charge in [0.05, 0.1) is 23.9 Å². The van der Waals surface area contributed by atoms with Gasteiger partial charge in [-0.3, -0.25) is 9.36 Å². The van der Waals surface area contributed by atoms with Crippen LogP contribution in [0.25, 0.3) is 27.3 Å². The van der Waals surface area contributed by atoms with Gasteiger partial charge in [0.1, 0.15) is 10.6 Å². The number of aromatic nitrogens is 4. The van der Waals surface area contributed by atoms with Crippen molar-refractivity contribution in [1.29, 1.82) is 0 Å². The number of fused-ring (bicyclic) bond motifs is 1. The topological polar surface area (TPSA) is 83.0 Å². The minimum Gasteiger partial charge on any atom is -0.497 e. The SMILES string of the molecule is COc1cccc(-c2noc(CSc3nc4sccc4c(=O)n3-c3ccccc3)n2)c1. The number of nitrogens with zero attached hydrogens (tertiary/aromatic N) is 4. The van der Waals surface area contributed by atoms with Crippen LogP contribution in [0.3, 0.4) is 0 Å². The van der Waals surface area contributed by atoms with E-state index in [0.29, 0.717) is 32.8 Å². The normalized spacial score (nSPS) is 11.1. The fourth-order valence-electron chi connectivity index (χ4n) is 3.12. The van der Waals surface area contributed by atoms with Gasteiger partial charge in [0.15, 0.2) is 5.16 Å². The first kappa shape index (κ1) is 19.5. The largest absolute Gasteiger partial charge is 0.497 e. The summed E-state index contributed by atoms with van der Waals surface area (Å²) >= 11 is 2.83. The van der Waals surface area contributed by atoms with E-state index >= 15 is 0 Å². The van der Waals surface area contributed by atoms with Gasteiger partial charge < -0.3 is 9.26 Å². The first-order chi connectivity index (χ1) is 15.2. The summed E-state index contributed by atoms with van der Waals surface area (Å²) in [5.41, 5.74) is 1.47. The molecule has 0 spiro atoms. The Bertz CT molecular complexity index is 1410. The number of benzene rings is 2. The van der Waals surface area contributed by atoms with Gasteiger partial charge in [0, 0.05) is 5.56 Å². The van der Waals surface area contributed by atoms with Crippen molar-refractivity contribution in [2.24, 2.45) is 0 Å². The van der Waals surface area contributed by atoms with Crippen molar-refractivity contribution in [3.8, 4) is 22.8 Å². The lowest BCUT2D eigenvalue weighted by atomic mass is 10.2. The molecule has 0 aliphatic heterocycles. The Balaban J connectivity index is 1.46. The highest BCUT2D eigenvalue weighted by Gasteiger charge is 2.16. The molecule has 31 heavy (non-hydrogen) atoms. The zero-order valence-corrected chi connectivity index (χ0v) is 18.0. The van der Waals surface area contributed by atoms with Crippen LogP contribution in [0.4, 0.5) is 0 Å². The van der Waals surface area contributed by atoms with Crippen LogP contribution in [-0.2, 0) is 5.75 Å². The van der Waals surface area contributed by atoms with Gasteiger partial charge in [-0.15, -0.1) is 11.3 Å². The molecule has 0 saturated carbocycles. The molecule has 3 heterocycles. The van der Waals surface area contributed by atoms with Gasteiger partial charge in [-0.25, -0.2) is 4.98 Å². The van der Waals surface area contributed by atoms with Crippen LogP contribution in [0.5, 0.6) is 5.75 Å². The number of thiophene rings is 1. The molecule has 5 aromatic rings. The molecule has 0 fully saturated rings. The molecule has 0 unspecified atom stereocenters. The van der Waals surface area contributed by atoms with Gasteiger partial charge in [-0.2, -0.15) is 4.98 Å². The maximum atomic E-state index is 13.1. The maximum absolute atomic E-state index is 13.1. The van der Waals surface area contributed by atoms with Crippen molar-refractivity contribution >= 4 is 33.3 Å². The van der Waals surface area contributed by atoms with Gasteiger partial charge in [0.2, 0.25) is 11.7 Å². The summed E-state index contributed by atoms with van der Waals surface area (Å²) < 4.78 is 12.3. The van der Waals surface area contributed by atoms with Crippen molar-refractivity contribution in [2.45, 2.75) is 10.9 Å². The van der Waals surface area contributed by atoms with Crippen molar-refractivity contribution in [2.75, 3.05) is 7.11 Å². The molecule has 0 N–H and O–H groups in total. The predicted octanol–water partition coefficient (Wildman–Crippen LogP) is 4.80. The molecule has 0 atom stereocenters. The summed E-state index contributed by atoms with van der Waals surface area (Å²) in [4.78, 5) is 23.0. The third kappa shape index (κ3) is 3.85. The summed E-state index contributed by atoms with van der Waals surface area (Å²) in [6.45, 7) is 0. The van der Waals surface area contributed by atoms with Gasteiger partial charge in [-0.05, 0) is 35.7 Å². The van der Waals surface area contributed by atoms with Gasteiger partial charge in [-0.1, -0.05) is 47.3 Å². The van der Waals surface area contributed by atoms with Gasteiger partial charge in [0.25, 0.3) is 5.56 Å². The van der Waals surface area contributed by atoms with Crippen LogP contribution < -0.4 is 10.3 Å². The molecule has 0 amide bonds. The highest BCUT2D eigenvalue weighted by atomic mass is 32.2. The zero-order valence-electron chi connectivity index (χ0n) is 16.4. The molecule has 0 radical (unpaired) electrons. The second-order valence-electron chi connectivity index (χ2n) is 6.54. The molecule has 0 saturated heterocycles. The van der Waals surface area contributed by atoms with E-state index in [-0.39, 0.29) is 5.56 Å². The highest BCUT2D eigenvalue weighted by Crippen LogP contribution is 2.27. The molecular formula is C22H16N4O3S2. The molecule has 7 nitrogen and oxygen atoms in total. The third-order valence-electron chi connectivity index (χ3n) is 4.60. The number of thioether (sulfide) groups is 1. The lowest BCUT2D eigenvalue weighted by molar-refractivity contribution is 0.391. The number of hydrogen-bond acceptors (Lipinski definition) is 8. The number of ether oxygens (including phenoxy) is 1. The predicted molar refractivity (Wildman–Crippen MR) is 121 cm³/mol. The first-order valence-electron chi connectivity index (χ1n) is 9.38. The number of methoxy groups -OCH3 is 1. The molecular weight excluding hydrogens is 432 g/mol. The Kier molecular flexibility index (Phi) is 5.27. The number of para-hydroxylation sites is 1. The highest BCUT2D eigenvalue weighted by molar-refractivity contribution is 7.98. The Hall–Kier alpha value is -3.43. The minimum absolute atomic E-state index is 0.0949. The quantitative estimate of drug-likeness (QED) is 0.273. The van der Waals surface area contributed by atoms with Crippen molar-refractivity contribution in [1.82, 2.24) is 19.7 Å². The van der Waals surface area contributed by atoms with Crippen LogP contribution in [0.15, 0.2) is 80.5 Å². The molecule has 0 bridgehead atoms. The average Bonchev–Trinajstić information content (AvgIpc) is 3.48. The summed E-state index contributed by atoms with van der Waals surface area (Å²) in [6, 6.07) is 18.8. The number of hydrogen-bond donors (Lipinski definition) is 0. The lowest BCUT2D eigenvalue weighted by Gasteiger charge is -2.11. The lowest BCUT2D eigenvalue weighted by Crippen LogP contribution is -2.21. The Morgan fingerprint density at radius 1 is 1.10 bits per heavy atom. The number of rotatable bonds is 6. The van der Waals surface area contributed by atoms with Crippen LogP contribution in [0, 0.1) is 0 Å². The molecule has 2 aromatic carbocycles. The van der Waals surface area contributed by atoms with E-state index in [1.54, 1.807) is 11.7 Å².